The number of thioether (sulfide) groups is 1. The second kappa shape index (κ2) is 11.2. The molecule has 6 heteroatoms. The quantitative estimate of drug-likeness (QED) is 0.256. The van der Waals surface area contributed by atoms with Crippen LogP contribution in [0.25, 0.3) is 0 Å². The van der Waals surface area contributed by atoms with Crippen LogP contribution in [0.3, 0.4) is 0 Å². The van der Waals surface area contributed by atoms with Gasteiger partial charge in [-0.15, -0.1) is 11.8 Å². The van der Waals surface area contributed by atoms with Gasteiger partial charge < -0.3 is 9.53 Å². The number of benzene rings is 3. The highest BCUT2D eigenvalue weighted by atomic mass is 32.2. The maximum Gasteiger partial charge on any atom is 0.422 e. The van der Waals surface area contributed by atoms with Crippen LogP contribution in [0.5, 0.6) is 0 Å². The van der Waals surface area contributed by atoms with E-state index in [0.717, 1.165) is 23.0 Å². The lowest BCUT2D eigenvalue weighted by molar-refractivity contribution is -0.109. The highest BCUT2D eigenvalue weighted by Crippen LogP contribution is 2.48. The summed E-state index contributed by atoms with van der Waals surface area (Å²) in [6.07, 6.45) is 0.177. The van der Waals surface area contributed by atoms with Crippen molar-refractivity contribution in [2.24, 2.45) is 0 Å². The molecule has 0 bridgehead atoms. The zero-order chi connectivity index (χ0) is 23.7. The van der Waals surface area contributed by atoms with Gasteiger partial charge in [0.1, 0.15) is 11.9 Å². The first-order valence-corrected chi connectivity index (χ1v) is 11.8. The van der Waals surface area contributed by atoms with Crippen molar-refractivity contribution in [1.29, 1.82) is 0 Å². The van der Waals surface area contributed by atoms with Crippen LogP contribution < -0.4 is 10.9 Å². The lowest BCUT2D eigenvalue weighted by Crippen LogP contribution is -2.48. The van der Waals surface area contributed by atoms with Crippen molar-refractivity contribution in [2.45, 2.75) is 37.2 Å². The number of hydrogen-bond acceptors (Lipinski definition) is 5. The van der Waals surface area contributed by atoms with E-state index in [-0.39, 0.29) is 0 Å². The van der Waals surface area contributed by atoms with Gasteiger partial charge in [0.15, 0.2) is 0 Å². The molecule has 0 aromatic heterocycles. The molecule has 3 aromatic carbocycles. The summed E-state index contributed by atoms with van der Waals surface area (Å²) in [5.74, 6) is 0.415. The average molecular weight is 463 g/mol. The minimum atomic E-state index is -0.625. The zero-order valence-electron chi connectivity index (χ0n) is 19.2. The topological polar surface area (TPSA) is 67.4 Å². The van der Waals surface area contributed by atoms with Crippen LogP contribution in [0.4, 0.5) is 4.79 Å². The Kier molecular flexibility index (Phi) is 8.31. The normalized spacial score (nSPS) is 12.6. The molecule has 1 atom stereocenters. The molecule has 172 valence electrons. The summed E-state index contributed by atoms with van der Waals surface area (Å²) in [6, 6.07) is 30.2. The van der Waals surface area contributed by atoms with Crippen molar-refractivity contribution in [3.63, 3.8) is 0 Å². The Bertz CT molecular complexity index is 925. The fourth-order valence-electron chi connectivity index (χ4n) is 3.55. The van der Waals surface area contributed by atoms with Crippen molar-refractivity contribution in [1.82, 2.24) is 10.9 Å². The summed E-state index contributed by atoms with van der Waals surface area (Å²) in [6.45, 7) is 5.36. The van der Waals surface area contributed by atoms with Crippen LogP contribution in [-0.2, 0) is 14.3 Å². The van der Waals surface area contributed by atoms with E-state index < -0.39 is 22.5 Å². The van der Waals surface area contributed by atoms with Crippen LogP contribution in [0.1, 0.15) is 37.5 Å². The Morgan fingerprint density at radius 1 is 0.848 bits per heavy atom. The van der Waals surface area contributed by atoms with E-state index in [1.165, 1.54) is 0 Å². The lowest BCUT2D eigenvalue weighted by atomic mass is 9.84. The Hall–Kier alpha value is -3.09. The predicted molar refractivity (Wildman–Crippen MR) is 134 cm³/mol. The molecule has 5 nitrogen and oxygen atoms in total. The van der Waals surface area contributed by atoms with Crippen molar-refractivity contribution in [3.8, 4) is 0 Å². The van der Waals surface area contributed by atoms with Gasteiger partial charge in [0.2, 0.25) is 0 Å². The lowest BCUT2D eigenvalue weighted by Gasteiger charge is -2.36. The fraction of sp³-hybridized carbons (Fsp3) is 0.259. The van der Waals surface area contributed by atoms with Crippen molar-refractivity contribution in [2.75, 3.05) is 5.75 Å². The molecule has 0 radical (unpaired) electrons. The minimum absolute atomic E-state index is 0.415. The van der Waals surface area contributed by atoms with Crippen molar-refractivity contribution >= 4 is 24.1 Å². The molecule has 33 heavy (non-hydrogen) atoms. The largest absolute Gasteiger partial charge is 0.443 e. The second-order valence-electron chi connectivity index (χ2n) is 8.60. The van der Waals surface area contributed by atoms with Crippen LogP contribution in [0, 0.1) is 0 Å². The monoisotopic (exact) mass is 462 g/mol. The molecule has 0 saturated carbocycles. The van der Waals surface area contributed by atoms with Gasteiger partial charge in [0.05, 0.1) is 10.8 Å². The van der Waals surface area contributed by atoms with Crippen LogP contribution in [0.15, 0.2) is 91.0 Å². The number of carbonyl (C=O) groups is 2. The van der Waals surface area contributed by atoms with E-state index in [4.69, 9.17) is 4.74 Å². The number of aldehydes is 1. The van der Waals surface area contributed by atoms with Gasteiger partial charge in [0.25, 0.3) is 0 Å². The van der Waals surface area contributed by atoms with Crippen LogP contribution in [0.2, 0.25) is 0 Å². The van der Waals surface area contributed by atoms with E-state index >= 15 is 0 Å². The maximum absolute atomic E-state index is 12.0. The van der Waals surface area contributed by atoms with Crippen LogP contribution in [-0.4, -0.2) is 29.8 Å². The fourth-order valence-corrected chi connectivity index (χ4v) is 5.05. The van der Waals surface area contributed by atoms with Gasteiger partial charge in [-0.2, -0.15) is 0 Å². The van der Waals surface area contributed by atoms with Gasteiger partial charge in [-0.1, -0.05) is 91.0 Å². The Labute approximate surface area is 199 Å². The van der Waals surface area contributed by atoms with Crippen molar-refractivity contribution < 1.29 is 14.3 Å². The SMILES string of the molecule is CC(C)(C)OC(=O)NN[C@H](C=O)CSC(c1ccccc1)(c1ccccc1)c1ccccc1. The molecule has 0 spiro atoms. The summed E-state index contributed by atoms with van der Waals surface area (Å²) in [5.41, 5.74) is 8.00. The molecule has 0 aliphatic rings. The number of rotatable bonds is 9. The Morgan fingerprint density at radius 2 is 1.27 bits per heavy atom. The van der Waals surface area contributed by atoms with E-state index in [2.05, 4.69) is 47.2 Å². The standard InChI is InChI=1S/C27H30N2O3S/c1-26(2,3)32-25(31)29-28-24(19-30)20-33-27(21-13-7-4-8-14-21,22-15-9-5-10-16-22)23-17-11-6-12-18-23/h4-19,24,28H,20H2,1-3H3,(H,29,31)/t24-/m1/s1. The third-order valence-corrected chi connectivity index (χ3v) is 6.61. The van der Waals surface area contributed by atoms with Gasteiger partial charge in [-0.05, 0) is 37.5 Å². The van der Waals surface area contributed by atoms with E-state index in [0.29, 0.717) is 5.75 Å². The Balaban J connectivity index is 1.92. The molecule has 0 aliphatic carbocycles. The van der Waals surface area contributed by atoms with E-state index in [1.807, 2.05) is 54.6 Å². The van der Waals surface area contributed by atoms with E-state index in [1.54, 1.807) is 32.5 Å². The first kappa shape index (κ1) is 24.6. The number of ether oxygens (including phenoxy) is 1. The molecule has 0 heterocycles. The molecule has 0 fully saturated rings. The summed E-state index contributed by atoms with van der Waals surface area (Å²) in [4.78, 5) is 23.9. The summed E-state index contributed by atoms with van der Waals surface area (Å²) >= 11 is 1.64. The smallest absolute Gasteiger partial charge is 0.422 e. The third-order valence-electron chi connectivity index (χ3n) is 4.94. The minimum Gasteiger partial charge on any atom is -0.443 e. The summed E-state index contributed by atoms with van der Waals surface area (Å²) in [7, 11) is 0. The number of carbonyl (C=O) groups excluding carboxylic acids is 2. The number of amides is 1. The molecular weight excluding hydrogens is 432 g/mol. The zero-order valence-corrected chi connectivity index (χ0v) is 20.0. The molecule has 0 unspecified atom stereocenters. The second-order valence-corrected chi connectivity index (χ2v) is 9.84. The molecule has 3 aromatic rings. The number of hydrazine groups is 1. The summed E-state index contributed by atoms with van der Waals surface area (Å²) < 4.78 is 4.71. The maximum atomic E-state index is 12.0. The Morgan fingerprint density at radius 3 is 1.64 bits per heavy atom. The molecule has 3 rings (SSSR count). The highest BCUT2D eigenvalue weighted by molar-refractivity contribution is 8.00. The van der Waals surface area contributed by atoms with Crippen molar-refractivity contribution in [3.05, 3.63) is 108 Å². The first-order valence-electron chi connectivity index (χ1n) is 10.9. The van der Waals surface area contributed by atoms with E-state index in [9.17, 15) is 9.59 Å². The van der Waals surface area contributed by atoms with Gasteiger partial charge >= 0.3 is 6.09 Å². The average Bonchev–Trinajstić information content (AvgIpc) is 2.82. The number of hydrogen-bond donors (Lipinski definition) is 2. The third kappa shape index (κ3) is 6.46. The molecule has 2 N–H and O–H groups in total. The number of nitrogens with one attached hydrogen (secondary N) is 2. The van der Waals surface area contributed by atoms with Gasteiger partial charge in [-0.3, -0.25) is 5.43 Å². The highest BCUT2D eigenvalue weighted by Gasteiger charge is 2.37. The molecule has 0 aliphatic heterocycles. The first-order chi connectivity index (χ1) is 15.8. The molecule has 1 amide bonds. The molecular formula is C27H30N2O3S. The molecule has 0 saturated heterocycles. The van der Waals surface area contributed by atoms with Crippen LogP contribution >= 0.6 is 11.8 Å². The summed E-state index contributed by atoms with van der Waals surface area (Å²) in [5, 5.41) is 0. The predicted octanol–water partition coefficient (Wildman–Crippen LogP) is 5.31. The van der Waals surface area contributed by atoms with Gasteiger partial charge in [-0.25, -0.2) is 10.2 Å². The van der Waals surface area contributed by atoms with Gasteiger partial charge in [0, 0.05) is 5.75 Å².